The molecule has 4 nitrogen and oxygen atoms in total. The summed E-state index contributed by atoms with van der Waals surface area (Å²) in [5.74, 6) is 1.21. The molecule has 0 aromatic heterocycles. The Balaban J connectivity index is 2.43. The molecule has 0 radical (unpaired) electrons. The zero-order valence-electron chi connectivity index (χ0n) is 13.3. The van der Waals surface area contributed by atoms with Gasteiger partial charge in [-0.25, -0.2) is 8.42 Å². The van der Waals surface area contributed by atoms with Crippen molar-refractivity contribution >= 4 is 10.0 Å². The second-order valence-corrected chi connectivity index (χ2v) is 8.01. The quantitative estimate of drug-likeness (QED) is 0.859. The van der Waals surface area contributed by atoms with Crippen molar-refractivity contribution in [1.29, 1.82) is 0 Å². The fourth-order valence-corrected chi connectivity index (χ4v) is 4.97. The normalized spacial score (nSPS) is 24.0. The standard InChI is InChI=1S/C16H25NO3S/c1-5-14-6-7-15(20-4)16(9-14)21(18,19)17-10-12(2)8-13(3)11-17/h6-7,9,12-13H,5,8,10-11H2,1-4H3/t12-,13+. The van der Waals surface area contributed by atoms with Gasteiger partial charge in [-0.05, 0) is 42.4 Å². The Kier molecular flexibility index (Phi) is 4.94. The van der Waals surface area contributed by atoms with Crippen molar-refractivity contribution in [3.63, 3.8) is 0 Å². The first-order chi connectivity index (χ1) is 9.88. The summed E-state index contributed by atoms with van der Waals surface area (Å²) >= 11 is 0. The van der Waals surface area contributed by atoms with Crippen LogP contribution in [0.3, 0.4) is 0 Å². The van der Waals surface area contributed by atoms with Crippen LogP contribution in [0.5, 0.6) is 5.75 Å². The van der Waals surface area contributed by atoms with Crippen LogP contribution in [0, 0.1) is 11.8 Å². The number of rotatable bonds is 4. The summed E-state index contributed by atoms with van der Waals surface area (Å²) in [4.78, 5) is 0.297. The van der Waals surface area contributed by atoms with Gasteiger partial charge in [-0.15, -0.1) is 0 Å². The summed E-state index contributed by atoms with van der Waals surface area (Å²) in [5.41, 5.74) is 1.01. The number of sulfonamides is 1. The Labute approximate surface area is 128 Å². The van der Waals surface area contributed by atoms with Gasteiger partial charge in [-0.2, -0.15) is 4.31 Å². The van der Waals surface area contributed by atoms with Crippen LogP contribution in [0.25, 0.3) is 0 Å². The number of methoxy groups -OCH3 is 1. The maximum absolute atomic E-state index is 13.0. The molecule has 21 heavy (non-hydrogen) atoms. The molecule has 2 atom stereocenters. The Morgan fingerprint density at radius 2 is 1.86 bits per heavy atom. The van der Waals surface area contributed by atoms with Gasteiger partial charge < -0.3 is 4.74 Å². The fourth-order valence-electron chi connectivity index (χ4n) is 3.08. The molecular formula is C16H25NO3S. The first kappa shape index (κ1) is 16.3. The van der Waals surface area contributed by atoms with E-state index in [0.29, 0.717) is 35.6 Å². The molecule has 0 spiro atoms. The SMILES string of the molecule is CCc1ccc(OC)c(S(=O)(=O)N2C[C@H](C)C[C@H](C)C2)c1. The van der Waals surface area contributed by atoms with Gasteiger partial charge >= 0.3 is 0 Å². The van der Waals surface area contributed by atoms with Crippen LogP contribution in [-0.2, 0) is 16.4 Å². The van der Waals surface area contributed by atoms with Crippen molar-refractivity contribution in [2.45, 2.75) is 38.5 Å². The van der Waals surface area contributed by atoms with Crippen molar-refractivity contribution < 1.29 is 13.2 Å². The monoisotopic (exact) mass is 311 g/mol. The lowest BCUT2D eigenvalue weighted by Crippen LogP contribution is -2.42. The molecule has 1 fully saturated rings. The van der Waals surface area contributed by atoms with Gasteiger partial charge in [0.05, 0.1) is 7.11 Å². The molecule has 2 rings (SSSR count). The second-order valence-electron chi connectivity index (χ2n) is 6.11. The van der Waals surface area contributed by atoms with E-state index in [0.717, 1.165) is 18.4 Å². The van der Waals surface area contributed by atoms with E-state index >= 15 is 0 Å². The minimum absolute atomic E-state index is 0.297. The largest absolute Gasteiger partial charge is 0.495 e. The van der Waals surface area contributed by atoms with Crippen LogP contribution in [-0.4, -0.2) is 32.9 Å². The summed E-state index contributed by atoms with van der Waals surface area (Å²) < 4.78 is 32.8. The van der Waals surface area contributed by atoms with E-state index in [1.165, 1.54) is 7.11 Å². The van der Waals surface area contributed by atoms with Gasteiger partial charge in [0.1, 0.15) is 10.6 Å². The lowest BCUT2D eigenvalue weighted by molar-refractivity contribution is 0.222. The molecule has 0 N–H and O–H groups in total. The number of hydrogen-bond acceptors (Lipinski definition) is 3. The van der Waals surface area contributed by atoms with Crippen LogP contribution in [0.2, 0.25) is 0 Å². The highest BCUT2D eigenvalue weighted by atomic mass is 32.2. The van der Waals surface area contributed by atoms with Gasteiger partial charge in [0.15, 0.2) is 0 Å². The van der Waals surface area contributed by atoms with Crippen molar-refractivity contribution in [3.05, 3.63) is 23.8 Å². The zero-order chi connectivity index (χ0) is 15.6. The van der Waals surface area contributed by atoms with E-state index in [1.807, 2.05) is 13.0 Å². The Morgan fingerprint density at radius 1 is 1.24 bits per heavy atom. The Hall–Kier alpha value is -1.07. The third kappa shape index (κ3) is 3.40. The number of piperidine rings is 1. The number of aryl methyl sites for hydroxylation is 1. The van der Waals surface area contributed by atoms with Crippen molar-refractivity contribution in [2.75, 3.05) is 20.2 Å². The molecule has 0 bridgehead atoms. The molecule has 0 aliphatic carbocycles. The molecule has 5 heteroatoms. The minimum atomic E-state index is -3.49. The van der Waals surface area contributed by atoms with Crippen LogP contribution in [0.4, 0.5) is 0 Å². The highest BCUT2D eigenvalue weighted by molar-refractivity contribution is 7.89. The molecule has 1 aliphatic heterocycles. The second kappa shape index (κ2) is 6.36. The third-order valence-electron chi connectivity index (χ3n) is 4.09. The van der Waals surface area contributed by atoms with Crippen molar-refractivity contribution in [1.82, 2.24) is 4.31 Å². The van der Waals surface area contributed by atoms with E-state index in [2.05, 4.69) is 13.8 Å². The van der Waals surface area contributed by atoms with Gasteiger partial charge in [-0.3, -0.25) is 0 Å². The molecule has 1 aromatic carbocycles. The Morgan fingerprint density at radius 3 is 2.38 bits per heavy atom. The Bertz CT molecular complexity index is 588. The summed E-state index contributed by atoms with van der Waals surface area (Å²) in [6, 6.07) is 5.42. The fraction of sp³-hybridized carbons (Fsp3) is 0.625. The number of benzene rings is 1. The predicted molar refractivity (Wildman–Crippen MR) is 84.1 cm³/mol. The highest BCUT2D eigenvalue weighted by Gasteiger charge is 2.33. The van der Waals surface area contributed by atoms with Gasteiger partial charge in [-0.1, -0.05) is 26.8 Å². The lowest BCUT2D eigenvalue weighted by atomic mass is 9.94. The lowest BCUT2D eigenvalue weighted by Gasteiger charge is -2.34. The maximum atomic E-state index is 13.0. The third-order valence-corrected chi connectivity index (χ3v) is 5.94. The smallest absolute Gasteiger partial charge is 0.246 e. The van der Waals surface area contributed by atoms with E-state index < -0.39 is 10.0 Å². The number of ether oxygens (including phenoxy) is 1. The highest BCUT2D eigenvalue weighted by Crippen LogP contribution is 2.32. The molecule has 1 aliphatic rings. The van der Waals surface area contributed by atoms with Gasteiger partial charge in [0, 0.05) is 13.1 Å². The van der Waals surface area contributed by atoms with E-state index in [4.69, 9.17) is 4.74 Å². The summed E-state index contributed by atoms with van der Waals surface area (Å²) in [5, 5.41) is 0. The molecule has 0 saturated carbocycles. The first-order valence-electron chi connectivity index (χ1n) is 7.55. The van der Waals surface area contributed by atoms with Crippen LogP contribution in [0.15, 0.2) is 23.1 Å². The number of nitrogens with zero attached hydrogens (tertiary/aromatic N) is 1. The average molecular weight is 311 g/mol. The van der Waals surface area contributed by atoms with Crippen LogP contribution in [0.1, 0.15) is 32.8 Å². The van der Waals surface area contributed by atoms with Gasteiger partial charge in [0.25, 0.3) is 0 Å². The summed E-state index contributed by atoms with van der Waals surface area (Å²) in [6.07, 6.45) is 1.89. The van der Waals surface area contributed by atoms with E-state index in [-0.39, 0.29) is 0 Å². The maximum Gasteiger partial charge on any atom is 0.246 e. The topological polar surface area (TPSA) is 46.6 Å². The van der Waals surface area contributed by atoms with E-state index in [9.17, 15) is 8.42 Å². The molecular weight excluding hydrogens is 286 g/mol. The first-order valence-corrected chi connectivity index (χ1v) is 8.99. The molecule has 1 saturated heterocycles. The zero-order valence-corrected chi connectivity index (χ0v) is 14.1. The molecule has 0 unspecified atom stereocenters. The predicted octanol–water partition coefficient (Wildman–Crippen LogP) is 2.92. The summed E-state index contributed by atoms with van der Waals surface area (Å²) in [6.45, 7) is 7.41. The molecule has 1 aromatic rings. The number of hydrogen-bond donors (Lipinski definition) is 0. The average Bonchev–Trinajstić information content (AvgIpc) is 2.45. The van der Waals surface area contributed by atoms with Crippen molar-refractivity contribution in [2.24, 2.45) is 11.8 Å². The minimum Gasteiger partial charge on any atom is -0.495 e. The van der Waals surface area contributed by atoms with Crippen LogP contribution >= 0.6 is 0 Å². The van der Waals surface area contributed by atoms with E-state index in [1.54, 1.807) is 16.4 Å². The van der Waals surface area contributed by atoms with Crippen LogP contribution < -0.4 is 4.74 Å². The molecule has 0 amide bonds. The molecule has 118 valence electrons. The van der Waals surface area contributed by atoms with Gasteiger partial charge in [0.2, 0.25) is 10.0 Å². The molecule has 1 heterocycles. The summed E-state index contributed by atoms with van der Waals surface area (Å²) in [7, 11) is -1.98. The van der Waals surface area contributed by atoms with Crippen molar-refractivity contribution in [3.8, 4) is 5.75 Å².